The fourth-order valence-corrected chi connectivity index (χ4v) is 0.654. The first-order chi connectivity index (χ1) is 4.93. The molecule has 0 atom stereocenters. The summed E-state index contributed by atoms with van der Waals surface area (Å²) in [7, 11) is 1.68. The number of hydrogen-bond donors (Lipinski definition) is 0. The molecule has 1 heterocycles. The summed E-state index contributed by atoms with van der Waals surface area (Å²) < 4.78 is 6.54. The van der Waals surface area contributed by atoms with Crippen LogP contribution < -0.4 is 0 Å². The first-order valence-electron chi connectivity index (χ1n) is 3.13. The Balaban J connectivity index is 2.15. The quantitative estimate of drug-likeness (QED) is 0.542. The van der Waals surface area contributed by atoms with Gasteiger partial charge in [-0.15, -0.1) is 5.10 Å². The van der Waals surface area contributed by atoms with Crippen molar-refractivity contribution in [2.75, 3.05) is 13.7 Å². The van der Waals surface area contributed by atoms with Crippen molar-refractivity contribution in [1.82, 2.24) is 20.2 Å². The molecule has 5 heteroatoms. The molecule has 5 nitrogen and oxygen atoms in total. The highest BCUT2D eigenvalue weighted by Crippen LogP contribution is 1.84. The molecule has 0 bridgehead atoms. The minimum Gasteiger partial charge on any atom is -0.385 e. The molecule has 0 aliphatic heterocycles. The van der Waals surface area contributed by atoms with Crippen LogP contribution in [0.25, 0.3) is 0 Å². The molecule has 0 amide bonds. The minimum absolute atomic E-state index is 0.750. The van der Waals surface area contributed by atoms with Crippen LogP contribution in [0, 0.1) is 0 Å². The molecule has 56 valence electrons. The van der Waals surface area contributed by atoms with Crippen molar-refractivity contribution in [1.29, 1.82) is 0 Å². The first-order valence-corrected chi connectivity index (χ1v) is 3.13. The lowest BCUT2D eigenvalue weighted by atomic mass is 10.5. The van der Waals surface area contributed by atoms with Crippen molar-refractivity contribution < 1.29 is 4.74 Å². The Kier molecular flexibility index (Phi) is 2.82. The third-order valence-corrected chi connectivity index (χ3v) is 1.13. The Morgan fingerprint density at radius 3 is 3.10 bits per heavy atom. The van der Waals surface area contributed by atoms with Gasteiger partial charge in [-0.2, -0.15) is 0 Å². The Bertz CT molecular complexity index is 162. The number of nitrogens with zero attached hydrogens (tertiary/aromatic N) is 4. The largest absolute Gasteiger partial charge is 0.385 e. The number of rotatable bonds is 4. The lowest BCUT2D eigenvalue weighted by Gasteiger charge is -1.96. The molecule has 0 aromatic carbocycles. The number of aryl methyl sites for hydroxylation is 1. The highest BCUT2D eigenvalue weighted by molar-refractivity contribution is 4.45. The lowest BCUT2D eigenvalue weighted by Crippen LogP contribution is -2.01. The molecule has 1 rings (SSSR count). The zero-order chi connectivity index (χ0) is 7.23. The van der Waals surface area contributed by atoms with Gasteiger partial charge >= 0.3 is 0 Å². The van der Waals surface area contributed by atoms with Crippen LogP contribution in [0.2, 0.25) is 0 Å². The lowest BCUT2D eigenvalue weighted by molar-refractivity contribution is 0.188. The zero-order valence-electron chi connectivity index (χ0n) is 5.90. The van der Waals surface area contributed by atoms with Gasteiger partial charge in [0.2, 0.25) is 0 Å². The normalized spacial score (nSPS) is 10.1. The van der Waals surface area contributed by atoms with E-state index in [0.29, 0.717) is 0 Å². The van der Waals surface area contributed by atoms with Gasteiger partial charge in [-0.05, 0) is 16.8 Å². The molecule has 1 aromatic heterocycles. The Labute approximate surface area is 59.0 Å². The van der Waals surface area contributed by atoms with E-state index in [4.69, 9.17) is 4.74 Å². The second-order valence-electron chi connectivity index (χ2n) is 1.92. The van der Waals surface area contributed by atoms with Crippen molar-refractivity contribution >= 4 is 0 Å². The van der Waals surface area contributed by atoms with Crippen LogP contribution in [-0.2, 0) is 11.3 Å². The molecule has 1 aromatic rings. The number of methoxy groups -OCH3 is 1. The third-order valence-electron chi connectivity index (χ3n) is 1.13. The monoisotopic (exact) mass is 142 g/mol. The fourth-order valence-electron chi connectivity index (χ4n) is 0.654. The second-order valence-corrected chi connectivity index (χ2v) is 1.92. The molecule has 0 aliphatic carbocycles. The van der Waals surface area contributed by atoms with Crippen LogP contribution in [0.5, 0.6) is 0 Å². The summed E-state index contributed by atoms with van der Waals surface area (Å²) in [5, 5.41) is 10.7. The number of ether oxygens (including phenoxy) is 1. The van der Waals surface area contributed by atoms with Gasteiger partial charge in [0.05, 0.1) is 0 Å². The summed E-state index contributed by atoms with van der Waals surface area (Å²) in [4.78, 5) is 0. The predicted molar refractivity (Wildman–Crippen MR) is 34.3 cm³/mol. The molecule has 0 N–H and O–H groups in total. The maximum Gasteiger partial charge on any atom is 0.138 e. The van der Waals surface area contributed by atoms with E-state index in [1.54, 1.807) is 18.1 Å². The van der Waals surface area contributed by atoms with Crippen LogP contribution in [-0.4, -0.2) is 33.9 Å². The number of aromatic nitrogens is 4. The Hall–Kier alpha value is -0.970. The van der Waals surface area contributed by atoms with Crippen LogP contribution in [0.3, 0.4) is 0 Å². The molecule has 0 spiro atoms. The molecule has 0 unspecified atom stereocenters. The highest BCUT2D eigenvalue weighted by atomic mass is 16.5. The van der Waals surface area contributed by atoms with Gasteiger partial charge in [0, 0.05) is 20.3 Å². The van der Waals surface area contributed by atoms with Crippen LogP contribution in [0.4, 0.5) is 0 Å². The standard InChI is InChI=1S/C5H10N4O/c1-10-4-2-3-9-5-6-7-8-9/h5H,2-4H2,1H3. The molecule has 0 saturated heterocycles. The maximum absolute atomic E-state index is 4.86. The molecular formula is C5H10N4O. The van der Waals surface area contributed by atoms with Crippen molar-refractivity contribution in [2.45, 2.75) is 13.0 Å². The summed E-state index contributed by atoms with van der Waals surface area (Å²) in [5.74, 6) is 0. The predicted octanol–water partition coefficient (Wildman–Crippen LogP) is -0.290. The van der Waals surface area contributed by atoms with E-state index in [-0.39, 0.29) is 0 Å². The van der Waals surface area contributed by atoms with Crippen LogP contribution in [0.1, 0.15) is 6.42 Å². The SMILES string of the molecule is COCCCn1cnnn1. The highest BCUT2D eigenvalue weighted by Gasteiger charge is 1.90. The average molecular weight is 142 g/mol. The molecule has 10 heavy (non-hydrogen) atoms. The zero-order valence-corrected chi connectivity index (χ0v) is 5.90. The Morgan fingerprint density at radius 2 is 2.50 bits per heavy atom. The maximum atomic E-state index is 4.86. The summed E-state index contributed by atoms with van der Waals surface area (Å²) in [6.45, 7) is 1.57. The van der Waals surface area contributed by atoms with E-state index in [1.165, 1.54) is 0 Å². The fraction of sp³-hybridized carbons (Fsp3) is 0.800. The number of hydrogen-bond acceptors (Lipinski definition) is 4. The second kappa shape index (κ2) is 3.94. The van der Waals surface area contributed by atoms with Gasteiger partial charge in [0.25, 0.3) is 0 Å². The van der Waals surface area contributed by atoms with Crippen molar-refractivity contribution in [3.8, 4) is 0 Å². The first kappa shape index (κ1) is 7.14. The molecule has 0 radical (unpaired) electrons. The van der Waals surface area contributed by atoms with E-state index in [2.05, 4.69) is 15.5 Å². The number of tetrazole rings is 1. The summed E-state index contributed by atoms with van der Waals surface area (Å²) >= 11 is 0. The third kappa shape index (κ3) is 2.10. The van der Waals surface area contributed by atoms with Crippen LogP contribution >= 0.6 is 0 Å². The van der Waals surface area contributed by atoms with E-state index >= 15 is 0 Å². The van der Waals surface area contributed by atoms with E-state index in [1.807, 2.05) is 0 Å². The van der Waals surface area contributed by atoms with E-state index in [9.17, 15) is 0 Å². The summed E-state index contributed by atoms with van der Waals surface area (Å²) in [6.07, 6.45) is 2.54. The van der Waals surface area contributed by atoms with Crippen molar-refractivity contribution in [3.05, 3.63) is 6.33 Å². The van der Waals surface area contributed by atoms with E-state index < -0.39 is 0 Å². The summed E-state index contributed by atoms with van der Waals surface area (Å²) in [6, 6.07) is 0. The van der Waals surface area contributed by atoms with Gasteiger partial charge in [0.15, 0.2) is 0 Å². The topological polar surface area (TPSA) is 52.8 Å². The van der Waals surface area contributed by atoms with E-state index in [0.717, 1.165) is 19.6 Å². The van der Waals surface area contributed by atoms with Gasteiger partial charge in [-0.1, -0.05) is 0 Å². The smallest absolute Gasteiger partial charge is 0.138 e. The molecule has 0 aliphatic rings. The average Bonchev–Trinajstić information content (AvgIpc) is 2.41. The molecular weight excluding hydrogens is 132 g/mol. The summed E-state index contributed by atoms with van der Waals surface area (Å²) in [5.41, 5.74) is 0. The minimum atomic E-state index is 0.750. The molecule has 0 fully saturated rings. The molecule has 0 saturated carbocycles. The van der Waals surface area contributed by atoms with Crippen molar-refractivity contribution in [2.24, 2.45) is 0 Å². The van der Waals surface area contributed by atoms with Crippen molar-refractivity contribution in [3.63, 3.8) is 0 Å². The van der Waals surface area contributed by atoms with Crippen LogP contribution in [0.15, 0.2) is 6.33 Å². The Morgan fingerprint density at radius 1 is 1.60 bits per heavy atom. The van der Waals surface area contributed by atoms with Gasteiger partial charge in [-0.25, -0.2) is 4.68 Å². The van der Waals surface area contributed by atoms with Gasteiger partial charge < -0.3 is 4.74 Å². The van der Waals surface area contributed by atoms with Gasteiger partial charge in [-0.3, -0.25) is 0 Å². The van der Waals surface area contributed by atoms with Gasteiger partial charge in [0.1, 0.15) is 6.33 Å².